The van der Waals surface area contributed by atoms with Gasteiger partial charge in [-0.15, -0.1) is 23.5 Å². The maximum Gasteiger partial charge on any atom is 0.0972 e. The van der Waals surface area contributed by atoms with Gasteiger partial charge < -0.3 is 5.11 Å². The van der Waals surface area contributed by atoms with Gasteiger partial charge in [0.1, 0.15) is 0 Å². The molecule has 0 saturated carbocycles. The van der Waals surface area contributed by atoms with Gasteiger partial charge in [-0.2, -0.15) is 0 Å². The van der Waals surface area contributed by atoms with Gasteiger partial charge in [0.05, 0.1) is 6.10 Å². The number of hydrogen-bond donors (Lipinski definition) is 1. The fourth-order valence-corrected chi connectivity index (χ4v) is 6.68. The molecule has 36 heavy (non-hydrogen) atoms. The van der Waals surface area contributed by atoms with Gasteiger partial charge in [0, 0.05) is 0 Å². The Morgan fingerprint density at radius 1 is 0.639 bits per heavy atom. The van der Waals surface area contributed by atoms with E-state index in [9.17, 15) is 5.11 Å². The van der Waals surface area contributed by atoms with Crippen LogP contribution in [0.2, 0.25) is 0 Å². The van der Waals surface area contributed by atoms with Crippen molar-refractivity contribution in [1.29, 1.82) is 0 Å². The first kappa shape index (κ1) is 33.9. The number of rotatable bonds is 24. The van der Waals surface area contributed by atoms with E-state index < -0.39 is 0 Å². The lowest BCUT2D eigenvalue weighted by molar-refractivity contribution is 0.241. The summed E-state index contributed by atoms with van der Waals surface area (Å²) >= 11 is 3.88. The number of allylic oxidation sites excluding steroid dienone is 2. The Morgan fingerprint density at radius 2 is 1.03 bits per heavy atom. The standard InChI is InChI=1S/C33H60OS2/c1-4-6-8-10-12-14-16-18-20-22-24-35-28-31-26-30(3)33(34)32(27-31)29-36-25-23-21-19-17-15-13-11-9-7-5-2/h26,28-29,33-34H,4-25,27H2,1-3H3. The largest absolute Gasteiger partial charge is 0.384 e. The van der Waals surface area contributed by atoms with Gasteiger partial charge in [-0.1, -0.05) is 135 Å². The SMILES string of the molecule is CCCCCCCCCCCCSC=C1C=C(C)C(O)C(=CSCCCCCCCCCCCC)C1. The molecule has 1 nitrogen and oxygen atoms in total. The second-order valence-electron chi connectivity index (χ2n) is 11.0. The minimum Gasteiger partial charge on any atom is -0.384 e. The predicted molar refractivity (Wildman–Crippen MR) is 169 cm³/mol. The highest BCUT2D eigenvalue weighted by molar-refractivity contribution is 8.02. The van der Waals surface area contributed by atoms with Crippen LogP contribution in [0.4, 0.5) is 0 Å². The lowest BCUT2D eigenvalue weighted by atomic mass is 9.91. The maximum absolute atomic E-state index is 10.6. The molecule has 1 aliphatic carbocycles. The van der Waals surface area contributed by atoms with E-state index in [1.165, 1.54) is 151 Å². The number of aliphatic hydroxyl groups is 1. The van der Waals surface area contributed by atoms with Crippen molar-refractivity contribution in [3.8, 4) is 0 Å². The quantitative estimate of drug-likeness (QED) is 0.124. The van der Waals surface area contributed by atoms with Crippen molar-refractivity contribution < 1.29 is 5.11 Å². The molecule has 0 aromatic heterocycles. The van der Waals surface area contributed by atoms with Crippen molar-refractivity contribution in [2.75, 3.05) is 11.5 Å². The summed E-state index contributed by atoms with van der Waals surface area (Å²) < 4.78 is 0. The smallest absolute Gasteiger partial charge is 0.0972 e. The van der Waals surface area contributed by atoms with E-state index in [0.717, 1.165) is 12.0 Å². The molecule has 1 atom stereocenters. The van der Waals surface area contributed by atoms with Gasteiger partial charge in [-0.25, -0.2) is 0 Å². The van der Waals surface area contributed by atoms with Gasteiger partial charge in [-0.05, 0) is 65.2 Å². The maximum atomic E-state index is 10.6. The van der Waals surface area contributed by atoms with Crippen molar-refractivity contribution in [2.45, 2.75) is 162 Å². The van der Waals surface area contributed by atoms with E-state index in [0.29, 0.717) is 0 Å². The van der Waals surface area contributed by atoms with Crippen LogP contribution < -0.4 is 0 Å². The topological polar surface area (TPSA) is 20.2 Å². The normalized spacial score (nSPS) is 18.3. The van der Waals surface area contributed by atoms with Crippen LogP contribution >= 0.6 is 23.5 Å². The third kappa shape index (κ3) is 19.0. The van der Waals surface area contributed by atoms with Crippen LogP contribution in [-0.2, 0) is 0 Å². The van der Waals surface area contributed by atoms with Crippen molar-refractivity contribution >= 4 is 23.5 Å². The Hall–Kier alpha value is -0.120. The average Bonchev–Trinajstić information content (AvgIpc) is 2.88. The van der Waals surface area contributed by atoms with Gasteiger partial charge in [0.25, 0.3) is 0 Å². The van der Waals surface area contributed by atoms with Crippen LogP contribution in [0.1, 0.15) is 156 Å². The molecule has 1 unspecified atom stereocenters. The molecular formula is C33H60OS2. The molecular weight excluding hydrogens is 476 g/mol. The van der Waals surface area contributed by atoms with Gasteiger partial charge >= 0.3 is 0 Å². The molecule has 0 radical (unpaired) electrons. The first-order valence-electron chi connectivity index (χ1n) is 15.7. The summed E-state index contributed by atoms with van der Waals surface area (Å²) in [5.41, 5.74) is 3.66. The van der Waals surface area contributed by atoms with E-state index in [2.05, 4.69) is 37.7 Å². The third-order valence-electron chi connectivity index (χ3n) is 7.30. The van der Waals surface area contributed by atoms with Crippen LogP contribution in [0, 0.1) is 0 Å². The van der Waals surface area contributed by atoms with Crippen LogP contribution in [0.15, 0.2) is 33.6 Å². The van der Waals surface area contributed by atoms with Crippen molar-refractivity contribution in [3.63, 3.8) is 0 Å². The van der Waals surface area contributed by atoms with E-state index in [4.69, 9.17) is 0 Å². The van der Waals surface area contributed by atoms with Crippen LogP contribution in [-0.4, -0.2) is 22.7 Å². The lowest BCUT2D eigenvalue weighted by Crippen LogP contribution is -2.16. The third-order valence-corrected chi connectivity index (χ3v) is 9.29. The number of thioether (sulfide) groups is 2. The molecule has 0 spiro atoms. The Bertz CT molecular complexity index is 592. The summed E-state index contributed by atoms with van der Waals surface area (Å²) in [7, 11) is 0. The molecule has 1 N–H and O–H groups in total. The Balaban J connectivity index is 2.10. The monoisotopic (exact) mass is 536 g/mol. The molecule has 0 aliphatic heterocycles. The minimum absolute atomic E-state index is 0.380. The fraction of sp³-hybridized carbons (Fsp3) is 0.818. The highest BCUT2D eigenvalue weighted by atomic mass is 32.2. The molecule has 3 heteroatoms. The van der Waals surface area contributed by atoms with Crippen molar-refractivity contribution in [3.05, 3.63) is 33.6 Å². The number of unbranched alkanes of at least 4 members (excludes halogenated alkanes) is 18. The van der Waals surface area contributed by atoms with Gasteiger partial charge in [0.2, 0.25) is 0 Å². The lowest BCUT2D eigenvalue weighted by Gasteiger charge is -2.22. The summed E-state index contributed by atoms with van der Waals surface area (Å²) in [5.74, 6) is 2.41. The summed E-state index contributed by atoms with van der Waals surface area (Å²) in [6, 6.07) is 0. The second-order valence-corrected chi connectivity index (χ2v) is 12.9. The van der Waals surface area contributed by atoms with Crippen LogP contribution in [0.25, 0.3) is 0 Å². The van der Waals surface area contributed by atoms with Crippen LogP contribution in [0.5, 0.6) is 0 Å². The molecule has 1 aliphatic rings. The summed E-state index contributed by atoms with van der Waals surface area (Å²) in [6.45, 7) is 6.65. The Labute approximate surface area is 234 Å². The highest BCUT2D eigenvalue weighted by Crippen LogP contribution is 2.31. The molecule has 0 aromatic rings. The molecule has 0 aromatic carbocycles. The molecule has 0 heterocycles. The first-order valence-corrected chi connectivity index (χ1v) is 17.8. The number of aliphatic hydroxyl groups excluding tert-OH is 1. The van der Waals surface area contributed by atoms with E-state index in [-0.39, 0.29) is 6.10 Å². The zero-order valence-electron chi connectivity index (χ0n) is 24.3. The highest BCUT2D eigenvalue weighted by Gasteiger charge is 2.19. The molecule has 0 fully saturated rings. The Kier molecular flexibility index (Phi) is 23.7. The molecule has 0 saturated heterocycles. The van der Waals surface area contributed by atoms with Crippen LogP contribution in [0.3, 0.4) is 0 Å². The Morgan fingerprint density at radius 3 is 1.47 bits per heavy atom. The predicted octanol–water partition coefficient (Wildman–Crippen LogP) is 11.8. The van der Waals surface area contributed by atoms with E-state index >= 15 is 0 Å². The van der Waals surface area contributed by atoms with Crippen molar-refractivity contribution in [1.82, 2.24) is 0 Å². The molecule has 1 rings (SSSR count). The summed E-state index contributed by atoms with van der Waals surface area (Å²) in [4.78, 5) is 0. The van der Waals surface area contributed by atoms with Gasteiger partial charge in [0.15, 0.2) is 0 Å². The molecule has 0 bridgehead atoms. The minimum atomic E-state index is -0.380. The average molecular weight is 537 g/mol. The fourth-order valence-electron chi connectivity index (χ4n) is 4.91. The second kappa shape index (κ2) is 25.2. The van der Waals surface area contributed by atoms with Gasteiger partial charge in [-0.3, -0.25) is 0 Å². The zero-order chi connectivity index (χ0) is 26.1. The van der Waals surface area contributed by atoms with E-state index in [1.807, 2.05) is 23.5 Å². The molecule has 210 valence electrons. The summed E-state index contributed by atoms with van der Waals surface area (Å²) in [5, 5.41) is 15.2. The summed E-state index contributed by atoms with van der Waals surface area (Å²) in [6.07, 6.45) is 30.7. The zero-order valence-corrected chi connectivity index (χ0v) is 26.0. The number of hydrogen-bond acceptors (Lipinski definition) is 3. The molecule has 0 amide bonds. The first-order chi connectivity index (χ1) is 17.7. The van der Waals surface area contributed by atoms with Crippen molar-refractivity contribution in [2.24, 2.45) is 0 Å². The van der Waals surface area contributed by atoms with E-state index in [1.54, 1.807) is 0 Å².